The molecule has 0 atom stereocenters. The minimum absolute atomic E-state index is 0.0569. The molecular formula is C14H14FN3O3S. The second kappa shape index (κ2) is 6.44. The summed E-state index contributed by atoms with van der Waals surface area (Å²) in [6, 6.07) is 10.3. The van der Waals surface area contributed by atoms with Gasteiger partial charge < -0.3 is 10.6 Å². The van der Waals surface area contributed by atoms with E-state index < -0.39 is 21.9 Å². The van der Waals surface area contributed by atoms with Crippen molar-refractivity contribution in [1.29, 1.82) is 0 Å². The van der Waals surface area contributed by atoms with E-state index in [2.05, 4.69) is 15.4 Å². The first-order valence-electron chi connectivity index (χ1n) is 6.28. The maximum Gasteiger partial charge on any atom is 0.318 e. The van der Waals surface area contributed by atoms with Crippen LogP contribution in [0.2, 0.25) is 0 Å². The molecule has 116 valence electrons. The SMILES string of the molecule is CNC(=O)Nc1cccc(NS(=O)(=O)c2ccc(F)cc2)c1. The van der Waals surface area contributed by atoms with Gasteiger partial charge in [-0.15, -0.1) is 0 Å². The average molecular weight is 323 g/mol. The fraction of sp³-hybridized carbons (Fsp3) is 0.0714. The van der Waals surface area contributed by atoms with E-state index in [-0.39, 0.29) is 10.6 Å². The summed E-state index contributed by atoms with van der Waals surface area (Å²) in [4.78, 5) is 11.2. The Hall–Kier alpha value is -2.61. The average Bonchev–Trinajstić information content (AvgIpc) is 2.47. The van der Waals surface area contributed by atoms with Crippen LogP contribution in [-0.4, -0.2) is 21.5 Å². The molecule has 0 saturated carbocycles. The lowest BCUT2D eigenvalue weighted by Gasteiger charge is -2.10. The summed E-state index contributed by atoms with van der Waals surface area (Å²) in [6.45, 7) is 0. The smallest absolute Gasteiger partial charge is 0.318 e. The zero-order valence-electron chi connectivity index (χ0n) is 11.6. The van der Waals surface area contributed by atoms with Gasteiger partial charge in [0.15, 0.2) is 0 Å². The van der Waals surface area contributed by atoms with E-state index in [9.17, 15) is 17.6 Å². The highest BCUT2D eigenvalue weighted by Crippen LogP contribution is 2.19. The molecule has 0 saturated heterocycles. The standard InChI is InChI=1S/C14H14FN3O3S/c1-16-14(19)17-11-3-2-4-12(9-11)18-22(20,21)13-7-5-10(15)6-8-13/h2-9,18H,1H3,(H2,16,17,19). The lowest BCUT2D eigenvalue weighted by atomic mass is 10.3. The van der Waals surface area contributed by atoms with Crippen LogP contribution in [0.15, 0.2) is 53.4 Å². The number of hydrogen-bond acceptors (Lipinski definition) is 3. The molecule has 6 nitrogen and oxygen atoms in total. The van der Waals surface area contributed by atoms with E-state index in [4.69, 9.17) is 0 Å². The number of amides is 2. The van der Waals surface area contributed by atoms with Crippen LogP contribution in [0, 0.1) is 5.82 Å². The predicted octanol–water partition coefficient (Wildman–Crippen LogP) is 2.38. The first-order valence-corrected chi connectivity index (χ1v) is 7.76. The molecular weight excluding hydrogens is 309 g/mol. The minimum Gasteiger partial charge on any atom is -0.341 e. The van der Waals surface area contributed by atoms with E-state index in [0.29, 0.717) is 5.69 Å². The van der Waals surface area contributed by atoms with Crippen molar-refractivity contribution in [2.24, 2.45) is 0 Å². The molecule has 0 heterocycles. The largest absolute Gasteiger partial charge is 0.341 e. The number of urea groups is 1. The monoisotopic (exact) mass is 323 g/mol. The lowest BCUT2D eigenvalue weighted by molar-refractivity contribution is 0.254. The minimum atomic E-state index is -3.83. The summed E-state index contributed by atoms with van der Waals surface area (Å²) >= 11 is 0. The molecule has 0 aliphatic heterocycles. The Morgan fingerprint density at radius 1 is 1.05 bits per heavy atom. The number of benzene rings is 2. The summed E-state index contributed by atoms with van der Waals surface area (Å²) in [6.07, 6.45) is 0. The van der Waals surface area contributed by atoms with Gasteiger partial charge in [-0.05, 0) is 42.5 Å². The summed E-state index contributed by atoms with van der Waals surface area (Å²) in [5.74, 6) is -0.518. The highest BCUT2D eigenvalue weighted by Gasteiger charge is 2.14. The van der Waals surface area contributed by atoms with Crippen molar-refractivity contribution in [2.45, 2.75) is 4.90 Å². The molecule has 0 radical (unpaired) electrons. The molecule has 0 unspecified atom stereocenters. The molecule has 2 aromatic rings. The van der Waals surface area contributed by atoms with Crippen LogP contribution in [0.25, 0.3) is 0 Å². The number of carbonyl (C=O) groups excluding carboxylic acids is 1. The molecule has 0 bridgehead atoms. The number of halogens is 1. The number of carbonyl (C=O) groups is 1. The molecule has 3 N–H and O–H groups in total. The highest BCUT2D eigenvalue weighted by atomic mass is 32.2. The maximum atomic E-state index is 12.8. The summed E-state index contributed by atoms with van der Waals surface area (Å²) in [5, 5.41) is 4.92. The molecule has 2 aromatic carbocycles. The summed E-state index contributed by atoms with van der Waals surface area (Å²) in [7, 11) is -2.36. The van der Waals surface area contributed by atoms with Crippen LogP contribution in [0.4, 0.5) is 20.6 Å². The van der Waals surface area contributed by atoms with Crippen molar-refractivity contribution >= 4 is 27.4 Å². The van der Waals surface area contributed by atoms with E-state index >= 15 is 0 Å². The van der Waals surface area contributed by atoms with Gasteiger partial charge in [0.05, 0.1) is 10.6 Å². The van der Waals surface area contributed by atoms with Crippen molar-refractivity contribution in [1.82, 2.24) is 5.32 Å². The molecule has 0 fully saturated rings. The highest BCUT2D eigenvalue weighted by molar-refractivity contribution is 7.92. The van der Waals surface area contributed by atoms with E-state index in [1.807, 2.05) is 0 Å². The molecule has 0 spiro atoms. The summed E-state index contributed by atoms with van der Waals surface area (Å²) in [5.41, 5.74) is 0.705. The molecule has 2 amide bonds. The number of rotatable bonds is 4. The lowest BCUT2D eigenvalue weighted by Crippen LogP contribution is -2.24. The number of sulfonamides is 1. The summed E-state index contributed by atoms with van der Waals surface area (Å²) < 4.78 is 39.6. The van der Waals surface area contributed by atoms with Crippen molar-refractivity contribution in [3.63, 3.8) is 0 Å². The first-order chi connectivity index (χ1) is 10.4. The first kappa shape index (κ1) is 15.8. The second-order valence-corrected chi connectivity index (χ2v) is 6.03. The van der Waals surface area contributed by atoms with Crippen LogP contribution in [0.3, 0.4) is 0 Å². The van der Waals surface area contributed by atoms with Gasteiger partial charge in [0.25, 0.3) is 10.0 Å². The van der Waals surface area contributed by atoms with Crippen LogP contribution < -0.4 is 15.4 Å². The quantitative estimate of drug-likeness (QED) is 0.807. The van der Waals surface area contributed by atoms with Crippen molar-refractivity contribution in [2.75, 3.05) is 17.1 Å². The van der Waals surface area contributed by atoms with Gasteiger partial charge in [-0.25, -0.2) is 17.6 Å². The number of hydrogen-bond donors (Lipinski definition) is 3. The fourth-order valence-corrected chi connectivity index (χ4v) is 2.73. The van der Waals surface area contributed by atoms with Crippen molar-refractivity contribution in [3.05, 3.63) is 54.3 Å². The zero-order valence-corrected chi connectivity index (χ0v) is 12.4. The third kappa shape index (κ3) is 3.95. The molecule has 8 heteroatoms. The molecule has 0 aliphatic rings. The Bertz CT molecular complexity index is 776. The third-order valence-corrected chi connectivity index (χ3v) is 4.12. The van der Waals surface area contributed by atoms with Crippen molar-refractivity contribution in [3.8, 4) is 0 Å². The van der Waals surface area contributed by atoms with Crippen LogP contribution in [0.1, 0.15) is 0 Å². The molecule has 0 aromatic heterocycles. The van der Waals surface area contributed by atoms with Gasteiger partial charge in [-0.1, -0.05) is 6.07 Å². The van der Waals surface area contributed by atoms with Gasteiger partial charge in [0, 0.05) is 12.7 Å². The van der Waals surface area contributed by atoms with E-state index in [1.54, 1.807) is 12.1 Å². The fourth-order valence-electron chi connectivity index (χ4n) is 1.68. The van der Waals surface area contributed by atoms with E-state index in [0.717, 1.165) is 12.1 Å². The van der Waals surface area contributed by atoms with Crippen LogP contribution in [0.5, 0.6) is 0 Å². The second-order valence-electron chi connectivity index (χ2n) is 4.34. The maximum absolute atomic E-state index is 12.8. The Morgan fingerprint density at radius 2 is 1.68 bits per heavy atom. The molecule has 0 aliphatic carbocycles. The van der Waals surface area contributed by atoms with E-state index in [1.165, 1.54) is 31.3 Å². The van der Waals surface area contributed by atoms with Crippen LogP contribution >= 0.6 is 0 Å². The Labute approximate surface area is 127 Å². The predicted molar refractivity (Wildman–Crippen MR) is 81.7 cm³/mol. The Morgan fingerprint density at radius 3 is 2.32 bits per heavy atom. The molecule has 2 rings (SSSR count). The number of anilines is 2. The Balaban J connectivity index is 2.21. The van der Waals surface area contributed by atoms with Gasteiger partial charge >= 0.3 is 6.03 Å². The van der Waals surface area contributed by atoms with Gasteiger partial charge in [0.2, 0.25) is 0 Å². The molecule has 22 heavy (non-hydrogen) atoms. The van der Waals surface area contributed by atoms with Gasteiger partial charge in [-0.2, -0.15) is 0 Å². The zero-order chi connectivity index (χ0) is 16.2. The third-order valence-electron chi connectivity index (χ3n) is 2.72. The van der Waals surface area contributed by atoms with Gasteiger partial charge in [-0.3, -0.25) is 4.72 Å². The van der Waals surface area contributed by atoms with Crippen LogP contribution in [-0.2, 0) is 10.0 Å². The number of nitrogens with one attached hydrogen (secondary N) is 3. The normalized spacial score (nSPS) is 10.8. The van der Waals surface area contributed by atoms with Gasteiger partial charge in [0.1, 0.15) is 5.82 Å². The topological polar surface area (TPSA) is 87.3 Å². The Kier molecular flexibility index (Phi) is 4.62. The van der Waals surface area contributed by atoms with Crippen molar-refractivity contribution < 1.29 is 17.6 Å².